The van der Waals surface area contributed by atoms with E-state index in [0.29, 0.717) is 0 Å². The average Bonchev–Trinajstić information content (AvgIpc) is 2.29. The van der Waals surface area contributed by atoms with Gasteiger partial charge in [0.05, 0.1) is 27.8 Å². The van der Waals surface area contributed by atoms with Crippen LogP contribution < -0.4 is 0 Å². The Labute approximate surface area is 143 Å². The predicted molar refractivity (Wildman–Crippen MR) is 58.7 cm³/mol. The molecular weight excluding hydrogens is 449 g/mol. The van der Waals surface area contributed by atoms with Crippen LogP contribution in [0.15, 0.2) is 4.90 Å². The summed E-state index contributed by atoms with van der Waals surface area (Å²) in [4.78, 5) is -2.98. The summed E-state index contributed by atoms with van der Waals surface area (Å²) in [5, 5.41) is 0. The molecule has 0 radical (unpaired) electrons. The summed E-state index contributed by atoms with van der Waals surface area (Å²) < 4.78 is 193. The Hall–Kier alpha value is -1.48. The fourth-order valence-corrected chi connectivity index (χ4v) is 2.62. The van der Waals surface area contributed by atoms with Crippen LogP contribution in [0, 0.1) is 0 Å². The van der Waals surface area contributed by atoms with Gasteiger partial charge in [-0.25, -0.2) is 0 Å². The van der Waals surface area contributed by atoms with Gasteiger partial charge in [-0.1, -0.05) is 0 Å². The number of rotatable bonds is 0. The van der Waals surface area contributed by atoms with Crippen LogP contribution in [0.5, 0.6) is 0 Å². The molecule has 0 atom stereocenters. The summed E-state index contributed by atoms with van der Waals surface area (Å²) in [5.74, 6) is 0. The SMILES string of the molecule is FC(F)(F)c1c(S)c(C(F)(F)F)c(C(F)(F)F)c(C(F)(F)F)c1C(F)(F)F. The standard InChI is InChI=1S/C11HF15S/c12-7(13,14)1-2(8(15,16)17)4(10(21,22)23)6(27)5(11(24,25)26)3(1)9(18,19)20/h27H. The molecule has 0 N–H and O–H groups in total. The average molecular weight is 450 g/mol. The van der Waals surface area contributed by atoms with Gasteiger partial charge >= 0.3 is 30.9 Å². The molecule has 16 heteroatoms. The van der Waals surface area contributed by atoms with Crippen molar-refractivity contribution >= 4 is 12.6 Å². The predicted octanol–water partition coefficient (Wildman–Crippen LogP) is 7.07. The molecule has 0 fully saturated rings. The van der Waals surface area contributed by atoms with Gasteiger partial charge in [0.25, 0.3) is 0 Å². The molecule has 0 saturated heterocycles. The van der Waals surface area contributed by atoms with Crippen molar-refractivity contribution in [2.75, 3.05) is 0 Å². The minimum absolute atomic E-state index is 2.44. The molecule has 1 aromatic carbocycles. The van der Waals surface area contributed by atoms with Crippen molar-refractivity contribution in [3.05, 3.63) is 27.8 Å². The van der Waals surface area contributed by atoms with Crippen molar-refractivity contribution in [1.29, 1.82) is 0 Å². The van der Waals surface area contributed by atoms with Gasteiger partial charge in [0.1, 0.15) is 0 Å². The smallest absolute Gasteiger partial charge is 0.166 e. The lowest BCUT2D eigenvalue weighted by Gasteiger charge is -2.29. The van der Waals surface area contributed by atoms with Crippen LogP contribution in [0.3, 0.4) is 0 Å². The zero-order valence-electron chi connectivity index (χ0n) is 11.6. The lowest BCUT2D eigenvalue weighted by Crippen LogP contribution is -2.31. The zero-order valence-corrected chi connectivity index (χ0v) is 12.5. The number of thiol groups is 1. The highest BCUT2D eigenvalue weighted by Gasteiger charge is 2.60. The summed E-state index contributed by atoms with van der Waals surface area (Å²) in [7, 11) is 0. The molecule has 0 unspecified atom stereocenters. The third-order valence-electron chi connectivity index (χ3n) is 2.89. The van der Waals surface area contributed by atoms with E-state index < -0.39 is 63.6 Å². The van der Waals surface area contributed by atoms with Crippen molar-refractivity contribution in [2.24, 2.45) is 0 Å². The van der Waals surface area contributed by atoms with E-state index in [-0.39, 0.29) is 0 Å². The van der Waals surface area contributed by atoms with E-state index >= 15 is 0 Å². The summed E-state index contributed by atoms with van der Waals surface area (Å²) in [6.45, 7) is 0. The first-order valence-electron chi connectivity index (χ1n) is 5.81. The Balaban J connectivity index is 4.58. The van der Waals surface area contributed by atoms with Gasteiger partial charge < -0.3 is 0 Å². The van der Waals surface area contributed by atoms with Crippen LogP contribution in [0.25, 0.3) is 0 Å². The number of hydrogen-bond donors (Lipinski definition) is 1. The van der Waals surface area contributed by atoms with Gasteiger partial charge in [-0.3, -0.25) is 0 Å². The first-order chi connectivity index (χ1) is 11.5. The summed E-state index contributed by atoms with van der Waals surface area (Å²) in [6, 6.07) is 0. The minimum atomic E-state index is -6.88. The molecule has 0 aromatic heterocycles. The summed E-state index contributed by atoms with van der Waals surface area (Å²) in [5.41, 5.74) is -19.3. The topological polar surface area (TPSA) is 0 Å². The van der Waals surface area contributed by atoms with Gasteiger partial charge in [0.15, 0.2) is 0 Å². The second-order valence-corrected chi connectivity index (χ2v) is 5.16. The maximum Gasteiger partial charge on any atom is 0.418 e. The number of benzene rings is 1. The Morgan fingerprint density at radius 3 is 0.630 bits per heavy atom. The van der Waals surface area contributed by atoms with E-state index in [1.807, 2.05) is 0 Å². The van der Waals surface area contributed by atoms with E-state index in [9.17, 15) is 65.9 Å². The minimum Gasteiger partial charge on any atom is -0.166 e. The van der Waals surface area contributed by atoms with E-state index in [2.05, 4.69) is 12.6 Å². The Kier molecular flexibility index (Phi) is 5.47. The number of hydrogen-bond acceptors (Lipinski definition) is 1. The second-order valence-electron chi connectivity index (χ2n) is 4.71. The van der Waals surface area contributed by atoms with Crippen molar-refractivity contribution in [1.82, 2.24) is 0 Å². The Bertz CT molecular complexity index is 672. The monoisotopic (exact) mass is 450 g/mol. The van der Waals surface area contributed by atoms with Crippen LogP contribution in [-0.4, -0.2) is 0 Å². The van der Waals surface area contributed by atoms with Gasteiger partial charge in [0.2, 0.25) is 0 Å². The lowest BCUT2D eigenvalue weighted by molar-refractivity contribution is -0.190. The van der Waals surface area contributed by atoms with E-state index in [1.54, 1.807) is 0 Å². The highest BCUT2D eigenvalue weighted by molar-refractivity contribution is 7.80. The van der Waals surface area contributed by atoms with E-state index in [1.165, 1.54) is 0 Å². The lowest BCUT2D eigenvalue weighted by atomic mass is 9.89. The van der Waals surface area contributed by atoms with Crippen LogP contribution in [-0.2, 0) is 30.9 Å². The van der Waals surface area contributed by atoms with Crippen molar-refractivity contribution in [3.63, 3.8) is 0 Å². The van der Waals surface area contributed by atoms with Gasteiger partial charge in [-0.15, -0.1) is 12.6 Å². The third kappa shape index (κ3) is 4.51. The fraction of sp³-hybridized carbons (Fsp3) is 0.455. The molecule has 0 saturated carbocycles. The maximum absolute atomic E-state index is 12.9. The fourth-order valence-electron chi connectivity index (χ4n) is 2.14. The van der Waals surface area contributed by atoms with Crippen LogP contribution in [0.4, 0.5) is 65.9 Å². The highest BCUT2D eigenvalue weighted by atomic mass is 32.1. The molecule has 0 heterocycles. The second kappa shape index (κ2) is 6.27. The molecule has 0 spiro atoms. The molecule has 0 aliphatic heterocycles. The Morgan fingerprint density at radius 1 is 0.333 bits per heavy atom. The quantitative estimate of drug-likeness (QED) is 0.317. The zero-order chi connectivity index (χ0) is 22.0. The van der Waals surface area contributed by atoms with Gasteiger partial charge in [0, 0.05) is 4.90 Å². The van der Waals surface area contributed by atoms with E-state index in [0.717, 1.165) is 0 Å². The van der Waals surface area contributed by atoms with Crippen molar-refractivity contribution in [2.45, 2.75) is 35.8 Å². The van der Waals surface area contributed by atoms with Crippen LogP contribution in [0.2, 0.25) is 0 Å². The molecule has 27 heavy (non-hydrogen) atoms. The molecule has 0 nitrogen and oxygen atoms in total. The highest BCUT2D eigenvalue weighted by Crippen LogP contribution is 2.57. The molecule has 0 amide bonds. The van der Waals surface area contributed by atoms with Gasteiger partial charge in [-0.05, 0) is 0 Å². The third-order valence-corrected chi connectivity index (χ3v) is 3.34. The molecule has 0 bridgehead atoms. The van der Waals surface area contributed by atoms with Crippen molar-refractivity contribution < 1.29 is 65.9 Å². The molecular formula is C11HF15S. The normalized spacial score (nSPS) is 14.7. The summed E-state index contributed by atoms with van der Waals surface area (Å²) >= 11 is 2.44. The summed E-state index contributed by atoms with van der Waals surface area (Å²) in [6.07, 6.45) is -33.5. The van der Waals surface area contributed by atoms with E-state index in [4.69, 9.17) is 0 Å². The molecule has 1 rings (SSSR count). The Morgan fingerprint density at radius 2 is 0.481 bits per heavy atom. The number of halogens is 15. The number of alkyl halides is 15. The van der Waals surface area contributed by atoms with Crippen LogP contribution in [0.1, 0.15) is 27.8 Å². The van der Waals surface area contributed by atoms with Crippen molar-refractivity contribution in [3.8, 4) is 0 Å². The van der Waals surface area contributed by atoms with Gasteiger partial charge in [-0.2, -0.15) is 65.9 Å². The van der Waals surface area contributed by atoms with Crippen LogP contribution >= 0.6 is 12.6 Å². The molecule has 156 valence electrons. The first-order valence-corrected chi connectivity index (χ1v) is 6.26. The maximum atomic E-state index is 12.9. The first kappa shape index (κ1) is 23.6. The molecule has 1 aromatic rings. The molecule has 0 aliphatic carbocycles. The largest absolute Gasteiger partial charge is 0.418 e. The molecule has 0 aliphatic rings.